The second-order valence-electron chi connectivity index (χ2n) is 6.36. The number of nitrogens with zero attached hydrogens (tertiary/aromatic N) is 2. The largest absolute Gasteiger partial charge is 0.479 e. The van der Waals surface area contributed by atoms with Gasteiger partial charge in [0.1, 0.15) is 17.6 Å². The molecule has 0 unspecified atom stereocenters. The van der Waals surface area contributed by atoms with Gasteiger partial charge in [-0.05, 0) is 41.5 Å². The van der Waals surface area contributed by atoms with Gasteiger partial charge in [0.2, 0.25) is 0 Å². The van der Waals surface area contributed by atoms with Crippen LogP contribution in [0.15, 0.2) is 66.7 Å². The lowest BCUT2D eigenvalue weighted by molar-refractivity contribution is -0.137. The predicted molar refractivity (Wildman–Crippen MR) is 103 cm³/mol. The average Bonchev–Trinajstić information content (AvgIpc) is 3.15. The van der Waals surface area contributed by atoms with E-state index >= 15 is 0 Å². The Hall–Kier alpha value is -3.79. The molecule has 0 fully saturated rings. The molecule has 1 aromatic heterocycles. The Morgan fingerprint density at radius 1 is 0.897 bits per heavy atom. The summed E-state index contributed by atoms with van der Waals surface area (Å²) in [6, 6.07) is 20.3. The number of imidazole rings is 1. The van der Waals surface area contributed by atoms with Gasteiger partial charge in [-0.2, -0.15) is 18.4 Å². The summed E-state index contributed by atoms with van der Waals surface area (Å²) < 4.78 is 43.9. The zero-order valence-electron chi connectivity index (χ0n) is 15.0. The summed E-state index contributed by atoms with van der Waals surface area (Å²) >= 11 is 0. The van der Waals surface area contributed by atoms with Crippen molar-refractivity contribution in [3.05, 3.63) is 72.3 Å². The molecule has 0 bridgehead atoms. The maximum Gasteiger partial charge on any atom is 0.416 e. The van der Waals surface area contributed by atoms with Gasteiger partial charge in [-0.1, -0.05) is 36.4 Å². The number of nitrogens with one attached hydrogen (secondary N) is 1. The SMILES string of the molecule is N#CCOc1ccc(-c2ccc(-c3nc4cc(C(F)(F)F)ccc4[nH]3)cc2)cc1. The molecule has 0 saturated carbocycles. The Kier molecular flexibility index (Phi) is 4.69. The minimum absolute atomic E-state index is 0.00396. The van der Waals surface area contributed by atoms with Gasteiger partial charge in [-0.15, -0.1) is 0 Å². The summed E-state index contributed by atoms with van der Waals surface area (Å²) in [6.45, 7) is -0.00396. The molecule has 7 heteroatoms. The van der Waals surface area contributed by atoms with Gasteiger partial charge >= 0.3 is 6.18 Å². The van der Waals surface area contributed by atoms with E-state index in [-0.39, 0.29) is 12.1 Å². The molecule has 4 rings (SSSR count). The number of H-pyrrole nitrogens is 1. The minimum atomic E-state index is -4.40. The van der Waals surface area contributed by atoms with Crippen LogP contribution in [0.5, 0.6) is 5.75 Å². The Morgan fingerprint density at radius 2 is 1.52 bits per heavy atom. The highest BCUT2D eigenvalue weighted by molar-refractivity contribution is 5.80. The second kappa shape index (κ2) is 7.32. The Morgan fingerprint density at radius 3 is 2.14 bits per heavy atom. The van der Waals surface area contributed by atoms with E-state index < -0.39 is 11.7 Å². The van der Waals surface area contributed by atoms with E-state index in [4.69, 9.17) is 10.00 Å². The number of benzene rings is 3. The molecule has 0 atom stereocenters. The van der Waals surface area contributed by atoms with Crippen molar-refractivity contribution >= 4 is 11.0 Å². The second-order valence-corrected chi connectivity index (χ2v) is 6.36. The molecule has 0 aliphatic heterocycles. The van der Waals surface area contributed by atoms with E-state index in [2.05, 4.69) is 9.97 Å². The van der Waals surface area contributed by atoms with Crippen LogP contribution >= 0.6 is 0 Å². The first-order valence-electron chi connectivity index (χ1n) is 8.71. The maximum absolute atomic E-state index is 12.9. The molecule has 144 valence electrons. The number of halogens is 3. The Labute approximate surface area is 164 Å². The lowest BCUT2D eigenvalue weighted by Gasteiger charge is -2.05. The van der Waals surface area contributed by atoms with E-state index in [0.717, 1.165) is 28.8 Å². The van der Waals surface area contributed by atoms with Gasteiger partial charge < -0.3 is 9.72 Å². The van der Waals surface area contributed by atoms with Gasteiger partial charge in [0.25, 0.3) is 0 Å². The van der Waals surface area contributed by atoms with Crippen molar-refractivity contribution in [2.45, 2.75) is 6.18 Å². The van der Waals surface area contributed by atoms with Crippen molar-refractivity contribution in [2.24, 2.45) is 0 Å². The third-order valence-corrected chi connectivity index (χ3v) is 4.46. The molecule has 0 spiro atoms. The molecule has 3 aromatic carbocycles. The molecule has 0 amide bonds. The summed E-state index contributed by atoms with van der Waals surface area (Å²) in [5.74, 6) is 1.12. The van der Waals surface area contributed by atoms with Crippen molar-refractivity contribution in [2.75, 3.05) is 6.61 Å². The Balaban J connectivity index is 1.58. The topological polar surface area (TPSA) is 61.7 Å². The van der Waals surface area contributed by atoms with E-state index in [1.54, 1.807) is 12.1 Å². The number of nitriles is 1. The molecule has 29 heavy (non-hydrogen) atoms. The number of aromatic amines is 1. The van der Waals surface area contributed by atoms with Gasteiger partial charge in [0.15, 0.2) is 6.61 Å². The first-order valence-corrected chi connectivity index (χ1v) is 8.71. The third-order valence-electron chi connectivity index (χ3n) is 4.46. The third kappa shape index (κ3) is 3.92. The lowest BCUT2D eigenvalue weighted by Crippen LogP contribution is -2.04. The van der Waals surface area contributed by atoms with Crippen molar-refractivity contribution in [1.29, 1.82) is 5.26 Å². The standard InChI is InChI=1S/C22H14F3N3O/c23-22(24,25)17-7-10-19-20(13-17)28-21(27-19)16-3-1-14(2-4-16)15-5-8-18(9-6-15)29-12-11-26/h1-10,13H,12H2,(H,27,28). The van der Waals surface area contributed by atoms with Gasteiger partial charge in [0.05, 0.1) is 16.6 Å². The van der Waals surface area contributed by atoms with E-state index in [0.29, 0.717) is 17.1 Å². The normalized spacial score (nSPS) is 11.4. The quantitative estimate of drug-likeness (QED) is 0.475. The molecule has 4 nitrogen and oxygen atoms in total. The number of hydrogen-bond donors (Lipinski definition) is 1. The number of ether oxygens (including phenoxy) is 1. The zero-order valence-corrected chi connectivity index (χ0v) is 15.0. The van der Waals surface area contributed by atoms with Crippen LogP contribution in [0.25, 0.3) is 33.5 Å². The molecule has 4 aromatic rings. The van der Waals surface area contributed by atoms with Gasteiger partial charge in [-0.25, -0.2) is 4.98 Å². The monoisotopic (exact) mass is 393 g/mol. The maximum atomic E-state index is 12.9. The van der Waals surface area contributed by atoms with Crippen molar-refractivity contribution in [3.8, 4) is 34.3 Å². The van der Waals surface area contributed by atoms with Crippen LogP contribution in [0.1, 0.15) is 5.56 Å². The number of alkyl halides is 3. The van der Waals surface area contributed by atoms with Gasteiger partial charge in [-0.3, -0.25) is 0 Å². The number of fused-ring (bicyclic) bond motifs is 1. The van der Waals surface area contributed by atoms with E-state index in [1.165, 1.54) is 6.07 Å². The van der Waals surface area contributed by atoms with E-state index in [9.17, 15) is 13.2 Å². The molecular weight excluding hydrogens is 379 g/mol. The molecule has 0 aliphatic rings. The highest BCUT2D eigenvalue weighted by Crippen LogP contribution is 2.32. The highest BCUT2D eigenvalue weighted by Gasteiger charge is 2.30. The number of rotatable bonds is 4. The van der Waals surface area contributed by atoms with Crippen molar-refractivity contribution in [1.82, 2.24) is 9.97 Å². The van der Waals surface area contributed by atoms with Gasteiger partial charge in [0, 0.05) is 5.56 Å². The van der Waals surface area contributed by atoms with Crippen LogP contribution in [-0.2, 0) is 6.18 Å². The number of hydrogen-bond acceptors (Lipinski definition) is 3. The zero-order chi connectivity index (χ0) is 20.4. The van der Waals surface area contributed by atoms with Crippen LogP contribution in [0.4, 0.5) is 13.2 Å². The predicted octanol–water partition coefficient (Wildman–Crippen LogP) is 5.82. The van der Waals surface area contributed by atoms with E-state index in [1.807, 2.05) is 42.5 Å². The molecule has 1 heterocycles. The number of aromatic nitrogens is 2. The first-order chi connectivity index (χ1) is 13.9. The van der Waals surface area contributed by atoms with Crippen molar-refractivity contribution in [3.63, 3.8) is 0 Å². The fourth-order valence-electron chi connectivity index (χ4n) is 3.00. The van der Waals surface area contributed by atoms with Crippen LogP contribution in [0.3, 0.4) is 0 Å². The van der Waals surface area contributed by atoms with Crippen LogP contribution in [-0.4, -0.2) is 16.6 Å². The summed E-state index contributed by atoms with van der Waals surface area (Å²) in [5, 5.41) is 8.54. The summed E-state index contributed by atoms with van der Waals surface area (Å²) in [4.78, 5) is 7.36. The molecular formula is C22H14F3N3O. The average molecular weight is 393 g/mol. The van der Waals surface area contributed by atoms with Crippen LogP contribution < -0.4 is 4.74 Å². The van der Waals surface area contributed by atoms with Crippen LogP contribution in [0.2, 0.25) is 0 Å². The Bertz CT molecular complexity index is 1190. The van der Waals surface area contributed by atoms with Crippen LogP contribution in [0, 0.1) is 11.3 Å². The fourth-order valence-corrected chi connectivity index (χ4v) is 3.00. The molecule has 1 N–H and O–H groups in total. The lowest BCUT2D eigenvalue weighted by atomic mass is 10.0. The fraction of sp³-hybridized carbons (Fsp3) is 0.0909. The minimum Gasteiger partial charge on any atom is -0.479 e. The summed E-state index contributed by atoms with van der Waals surface area (Å²) in [6.07, 6.45) is -4.40. The summed E-state index contributed by atoms with van der Waals surface area (Å²) in [5.41, 5.74) is 2.81. The smallest absolute Gasteiger partial charge is 0.416 e. The molecule has 0 saturated heterocycles. The van der Waals surface area contributed by atoms with Crippen molar-refractivity contribution < 1.29 is 17.9 Å². The highest BCUT2D eigenvalue weighted by atomic mass is 19.4. The molecule has 0 aliphatic carbocycles. The molecule has 0 radical (unpaired) electrons. The summed E-state index contributed by atoms with van der Waals surface area (Å²) in [7, 11) is 0. The first kappa shape index (κ1) is 18.6.